The van der Waals surface area contributed by atoms with Gasteiger partial charge in [0.25, 0.3) is 0 Å². The zero-order chi connectivity index (χ0) is 9.38. The standard InChI is InChI=1S/C13H12N/c1-2-6-11-10(5-1)9-14-13-8-4-3-7-12(11)13/h1-2,5-6H,3-4,7-8H2. The second-order valence-electron chi connectivity index (χ2n) is 3.90. The predicted molar refractivity (Wildman–Crippen MR) is 57.2 cm³/mol. The number of benzene rings is 1. The normalized spacial score (nSPS) is 15.4. The Balaban J connectivity index is 2.34. The third-order valence-electron chi connectivity index (χ3n) is 3.00. The summed E-state index contributed by atoms with van der Waals surface area (Å²) in [5.74, 6) is 0. The van der Waals surface area contributed by atoms with Gasteiger partial charge in [0.05, 0.1) is 6.20 Å². The van der Waals surface area contributed by atoms with Crippen molar-refractivity contribution >= 4 is 10.8 Å². The Kier molecular flexibility index (Phi) is 1.76. The van der Waals surface area contributed by atoms with Crippen molar-refractivity contribution in [1.29, 1.82) is 0 Å². The summed E-state index contributed by atoms with van der Waals surface area (Å²) in [5.41, 5.74) is 2.74. The lowest BCUT2D eigenvalue weighted by molar-refractivity contribution is 0.672. The van der Waals surface area contributed by atoms with E-state index >= 15 is 0 Å². The topological polar surface area (TPSA) is 12.9 Å². The van der Waals surface area contributed by atoms with E-state index in [0.717, 1.165) is 11.8 Å². The predicted octanol–water partition coefficient (Wildman–Crippen LogP) is 2.91. The Bertz CT molecular complexity index is 474. The second kappa shape index (κ2) is 3.09. The van der Waals surface area contributed by atoms with Crippen LogP contribution in [0.15, 0.2) is 24.3 Å². The van der Waals surface area contributed by atoms with E-state index in [1.165, 1.54) is 35.9 Å². The molecule has 0 saturated carbocycles. The summed E-state index contributed by atoms with van der Waals surface area (Å²) < 4.78 is 0. The average molecular weight is 182 g/mol. The van der Waals surface area contributed by atoms with E-state index in [2.05, 4.69) is 35.4 Å². The lowest BCUT2D eigenvalue weighted by Crippen LogP contribution is -2.05. The fourth-order valence-electron chi connectivity index (χ4n) is 2.27. The maximum Gasteiger partial charge on any atom is 0.0974 e. The molecular formula is C13H12N. The maximum absolute atomic E-state index is 4.42. The van der Waals surface area contributed by atoms with Gasteiger partial charge in [-0.3, -0.25) is 4.98 Å². The molecule has 0 bridgehead atoms. The lowest BCUT2D eigenvalue weighted by atomic mass is 9.92. The molecule has 14 heavy (non-hydrogen) atoms. The van der Waals surface area contributed by atoms with Crippen molar-refractivity contribution in [2.75, 3.05) is 0 Å². The van der Waals surface area contributed by atoms with Crippen LogP contribution in [0.25, 0.3) is 10.8 Å². The minimum Gasteiger partial charge on any atom is -0.250 e. The zero-order valence-corrected chi connectivity index (χ0v) is 8.09. The minimum atomic E-state index is 1.14. The van der Waals surface area contributed by atoms with Gasteiger partial charge in [-0.25, -0.2) is 0 Å². The molecule has 0 unspecified atom stereocenters. The van der Waals surface area contributed by atoms with Crippen LogP contribution in [0.3, 0.4) is 0 Å². The summed E-state index contributed by atoms with van der Waals surface area (Å²) in [7, 11) is 0. The molecule has 1 nitrogen and oxygen atoms in total. The molecule has 1 aliphatic rings. The van der Waals surface area contributed by atoms with E-state index in [0.29, 0.717) is 0 Å². The van der Waals surface area contributed by atoms with Crippen LogP contribution in [0.4, 0.5) is 0 Å². The van der Waals surface area contributed by atoms with Gasteiger partial charge in [-0.05, 0) is 36.6 Å². The number of pyridine rings is 1. The molecule has 0 atom stereocenters. The molecular weight excluding hydrogens is 170 g/mol. The van der Waals surface area contributed by atoms with Gasteiger partial charge in [0.15, 0.2) is 0 Å². The van der Waals surface area contributed by atoms with Gasteiger partial charge in [0.2, 0.25) is 0 Å². The summed E-state index contributed by atoms with van der Waals surface area (Å²) in [6.07, 6.45) is 8.05. The van der Waals surface area contributed by atoms with Crippen LogP contribution in [0.2, 0.25) is 0 Å². The fraction of sp³-hybridized carbons (Fsp3) is 0.308. The van der Waals surface area contributed by atoms with E-state index in [1.54, 1.807) is 0 Å². The Morgan fingerprint density at radius 2 is 1.93 bits per heavy atom. The van der Waals surface area contributed by atoms with Gasteiger partial charge in [-0.1, -0.05) is 24.3 Å². The van der Waals surface area contributed by atoms with E-state index in [1.807, 2.05) is 0 Å². The molecule has 3 rings (SSSR count). The number of aromatic nitrogens is 1. The van der Waals surface area contributed by atoms with Crippen LogP contribution in [0.1, 0.15) is 24.1 Å². The molecule has 0 spiro atoms. The van der Waals surface area contributed by atoms with Crippen molar-refractivity contribution in [3.05, 3.63) is 41.7 Å². The monoisotopic (exact) mass is 182 g/mol. The molecule has 1 heteroatoms. The van der Waals surface area contributed by atoms with Crippen molar-refractivity contribution in [1.82, 2.24) is 4.98 Å². The summed E-state index contributed by atoms with van der Waals surface area (Å²) in [5, 5.41) is 2.52. The molecule has 2 aromatic rings. The maximum atomic E-state index is 4.42. The number of rotatable bonds is 0. The highest BCUT2D eigenvalue weighted by atomic mass is 14.7. The first-order valence-corrected chi connectivity index (χ1v) is 5.23. The quantitative estimate of drug-likeness (QED) is 0.610. The van der Waals surface area contributed by atoms with Gasteiger partial charge < -0.3 is 0 Å². The van der Waals surface area contributed by atoms with Crippen molar-refractivity contribution in [2.45, 2.75) is 25.7 Å². The molecule has 69 valence electrons. The number of hydrogen-bond acceptors (Lipinski definition) is 1. The molecule has 0 aliphatic heterocycles. The Hall–Kier alpha value is -1.37. The highest BCUT2D eigenvalue weighted by Crippen LogP contribution is 2.26. The number of nitrogens with zero attached hydrogens (tertiary/aromatic N) is 1. The number of hydrogen-bond donors (Lipinski definition) is 0. The van der Waals surface area contributed by atoms with E-state index in [4.69, 9.17) is 0 Å². The van der Waals surface area contributed by atoms with Crippen molar-refractivity contribution < 1.29 is 0 Å². The number of fused-ring (bicyclic) bond motifs is 3. The van der Waals surface area contributed by atoms with Gasteiger partial charge in [0.1, 0.15) is 0 Å². The summed E-state index contributed by atoms with van der Waals surface area (Å²) in [6.45, 7) is 0. The average Bonchev–Trinajstić information content (AvgIpc) is 2.29. The molecule has 0 N–H and O–H groups in total. The third kappa shape index (κ3) is 1.12. The van der Waals surface area contributed by atoms with E-state index in [9.17, 15) is 0 Å². The van der Waals surface area contributed by atoms with Crippen LogP contribution in [0, 0.1) is 6.20 Å². The minimum absolute atomic E-state index is 1.14. The summed E-state index contributed by atoms with van der Waals surface area (Å²) in [4.78, 5) is 4.42. The molecule has 1 aromatic heterocycles. The summed E-state index contributed by atoms with van der Waals surface area (Å²) in [6, 6.07) is 8.44. The van der Waals surface area contributed by atoms with Gasteiger partial charge in [-0.15, -0.1) is 0 Å². The molecule has 1 radical (unpaired) electrons. The first-order chi connectivity index (χ1) is 6.95. The van der Waals surface area contributed by atoms with Crippen LogP contribution in [-0.2, 0) is 12.8 Å². The first-order valence-electron chi connectivity index (χ1n) is 5.23. The highest BCUT2D eigenvalue weighted by Gasteiger charge is 2.12. The van der Waals surface area contributed by atoms with Crippen LogP contribution in [0.5, 0.6) is 0 Å². The zero-order valence-electron chi connectivity index (χ0n) is 8.09. The molecule has 1 aromatic carbocycles. The van der Waals surface area contributed by atoms with Crippen LogP contribution < -0.4 is 0 Å². The van der Waals surface area contributed by atoms with Gasteiger partial charge in [0, 0.05) is 11.1 Å². The fourth-order valence-corrected chi connectivity index (χ4v) is 2.27. The Labute approximate surface area is 83.8 Å². The first kappa shape index (κ1) is 7.98. The van der Waals surface area contributed by atoms with Crippen molar-refractivity contribution in [3.63, 3.8) is 0 Å². The molecule has 0 saturated heterocycles. The molecule has 1 aliphatic carbocycles. The van der Waals surface area contributed by atoms with E-state index < -0.39 is 0 Å². The SMILES string of the molecule is [c]1nc2c(c3ccccc13)CCCC2. The van der Waals surface area contributed by atoms with Crippen molar-refractivity contribution in [3.8, 4) is 0 Å². The van der Waals surface area contributed by atoms with Crippen LogP contribution in [-0.4, -0.2) is 4.98 Å². The largest absolute Gasteiger partial charge is 0.250 e. The summed E-state index contributed by atoms with van der Waals surface area (Å²) >= 11 is 0. The molecule has 0 amide bonds. The van der Waals surface area contributed by atoms with Crippen LogP contribution >= 0.6 is 0 Å². The van der Waals surface area contributed by atoms with Gasteiger partial charge >= 0.3 is 0 Å². The van der Waals surface area contributed by atoms with E-state index in [-0.39, 0.29) is 0 Å². The molecule has 1 heterocycles. The highest BCUT2D eigenvalue weighted by molar-refractivity contribution is 5.85. The second-order valence-corrected chi connectivity index (χ2v) is 3.90. The Morgan fingerprint density at radius 3 is 2.93 bits per heavy atom. The van der Waals surface area contributed by atoms with Crippen molar-refractivity contribution in [2.24, 2.45) is 0 Å². The third-order valence-corrected chi connectivity index (χ3v) is 3.00. The Morgan fingerprint density at radius 1 is 1.07 bits per heavy atom. The smallest absolute Gasteiger partial charge is 0.0974 e. The molecule has 0 fully saturated rings. The lowest BCUT2D eigenvalue weighted by Gasteiger charge is -2.16. The van der Waals surface area contributed by atoms with Gasteiger partial charge in [-0.2, -0.15) is 0 Å². The number of aryl methyl sites for hydroxylation is 2.